The van der Waals surface area contributed by atoms with Crippen LogP contribution in [0.2, 0.25) is 0 Å². The van der Waals surface area contributed by atoms with Gasteiger partial charge in [0.15, 0.2) is 0 Å². The molecule has 126 valence electrons. The zero-order valence-electron chi connectivity index (χ0n) is 13.4. The number of carbonyl (C=O) groups excluding carboxylic acids is 1. The standard InChI is InChI=1S/C17H23FN2O3/c1-10(2)19-14-7-6-13(18)9-15(14)20-16(21)11-4-3-5-12(8-11)17(22)23/h6-7,9-12,19H,3-5,8H2,1-2H3,(H,20,21)(H,22,23). The van der Waals surface area contributed by atoms with Gasteiger partial charge in [-0.2, -0.15) is 0 Å². The van der Waals surface area contributed by atoms with Crippen LogP contribution >= 0.6 is 0 Å². The van der Waals surface area contributed by atoms with Gasteiger partial charge < -0.3 is 15.7 Å². The average Bonchev–Trinajstić information content (AvgIpc) is 2.49. The molecule has 2 atom stereocenters. The molecule has 1 amide bonds. The van der Waals surface area contributed by atoms with Crippen LogP contribution < -0.4 is 10.6 Å². The Kier molecular flexibility index (Phi) is 5.58. The number of carbonyl (C=O) groups is 2. The number of halogens is 1. The summed E-state index contributed by atoms with van der Waals surface area (Å²) in [5, 5.41) is 15.0. The van der Waals surface area contributed by atoms with Gasteiger partial charge in [0.2, 0.25) is 5.91 Å². The van der Waals surface area contributed by atoms with Crippen molar-refractivity contribution in [2.24, 2.45) is 11.8 Å². The molecule has 1 aliphatic rings. The minimum absolute atomic E-state index is 0.141. The lowest BCUT2D eigenvalue weighted by Gasteiger charge is -2.26. The Bertz CT molecular complexity index is 589. The molecule has 1 fully saturated rings. The molecule has 0 bridgehead atoms. The van der Waals surface area contributed by atoms with Gasteiger partial charge in [0.05, 0.1) is 17.3 Å². The van der Waals surface area contributed by atoms with Crippen molar-refractivity contribution in [3.05, 3.63) is 24.0 Å². The van der Waals surface area contributed by atoms with Crippen molar-refractivity contribution >= 4 is 23.3 Å². The third-order valence-corrected chi connectivity index (χ3v) is 4.08. The highest BCUT2D eigenvalue weighted by molar-refractivity contribution is 5.96. The molecule has 0 aromatic heterocycles. The molecule has 6 heteroatoms. The van der Waals surface area contributed by atoms with E-state index in [0.717, 1.165) is 6.42 Å². The molecule has 2 rings (SSSR count). The van der Waals surface area contributed by atoms with Crippen LogP contribution in [0.5, 0.6) is 0 Å². The predicted molar refractivity (Wildman–Crippen MR) is 86.9 cm³/mol. The lowest BCUT2D eigenvalue weighted by atomic mass is 9.81. The van der Waals surface area contributed by atoms with E-state index in [1.54, 1.807) is 6.07 Å². The van der Waals surface area contributed by atoms with E-state index in [0.29, 0.717) is 30.6 Å². The van der Waals surface area contributed by atoms with Crippen LogP contribution in [0.4, 0.5) is 15.8 Å². The van der Waals surface area contributed by atoms with Crippen LogP contribution in [0.1, 0.15) is 39.5 Å². The number of benzene rings is 1. The lowest BCUT2D eigenvalue weighted by Crippen LogP contribution is -2.31. The van der Waals surface area contributed by atoms with Gasteiger partial charge in [0, 0.05) is 12.0 Å². The van der Waals surface area contributed by atoms with Gasteiger partial charge in [-0.1, -0.05) is 6.42 Å². The first kappa shape index (κ1) is 17.2. The number of aliphatic carboxylic acids is 1. The van der Waals surface area contributed by atoms with E-state index in [1.807, 2.05) is 13.8 Å². The molecule has 5 nitrogen and oxygen atoms in total. The van der Waals surface area contributed by atoms with Crippen molar-refractivity contribution in [1.29, 1.82) is 0 Å². The molecule has 1 aliphatic carbocycles. The molecule has 0 spiro atoms. The highest BCUT2D eigenvalue weighted by atomic mass is 19.1. The first-order chi connectivity index (χ1) is 10.9. The Morgan fingerprint density at radius 1 is 1.22 bits per heavy atom. The van der Waals surface area contributed by atoms with Crippen LogP contribution in [0.25, 0.3) is 0 Å². The number of amides is 1. The number of carboxylic acids is 1. The number of carboxylic acid groups (broad SMARTS) is 1. The fourth-order valence-electron chi connectivity index (χ4n) is 2.94. The molecule has 0 aliphatic heterocycles. The highest BCUT2D eigenvalue weighted by Crippen LogP contribution is 2.31. The Balaban J connectivity index is 2.10. The summed E-state index contributed by atoms with van der Waals surface area (Å²) in [5.41, 5.74) is 1.04. The summed E-state index contributed by atoms with van der Waals surface area (Å²) in [6.07, 6.45) is 2.33. The normalized spacial score (nSPS) is 21.0. The van der Waals surface area contributed by atoms with Crippen LogP contribution in [0, 0.1) is 17.7 Å². The van der Waals surface area contributed by atoms with Gasteiger partial charge in [-0.05, 0) is 51.3 Å². The molecule has 0 heterocycles. The van der Waals surface area contributed by atoms with Crippen molar-refractivity contribution in [2.75, 3.05) is 10.6 Å². The highest BCUT2D eigenvalue weighted by Gasteiger charge is 2.31. The Morgan fingerprint density at radius 2 is 1.91 bits per heavy atom. The fraction of sp³-hybridized carbons (Fsp3) is 0.529. The zero-order valence-corrected chi connectivity index (χ0v) is 13.4. The van der Waals surface area contributed by atoms with Gasteiger partial charge in [0.1, 0.15) is 5.82 Å². The van der Waals surface area contributed by atoms with Gasteiger partial charge in [0.25, 0.3) is 0 Å². The zero-order chi connectivity index (χ0) is 17.0. The molecule has 1 saturated carbocycles. The van der Waals surface area contributed by atoms with E-state index < -0.39 is 17.7 Å². The number of anilines is 2. The minimum atomic E-state index is -0.851. The Hall–Kier alpha value is -2.11. The van der Waals surface area contributed by atoms with E-state index in [-0.39, 0.29) is 17.9 Å². The second-order valence-corrected chi connectivity index (χ2v) is 6.38. The van der Waals surface area contributed by atoms with E-state index >= 15 is 0 Å². The van der Waals surface area contributed by atoms with Crippen molar-refractivity contribution in [2.45, 2.75) is 45.6 Å². The van der Waals surface area contributed by atoms with Crippen LogP contribution in [-0.2, 0) is 9.59 Å². The van der Waals surface area contributed by atoms with E-state index in [2.05, 4.69) is 10.6 Å². The van der Waals surface area contributed by atoms with Crippen molar-refractivity contribution < 1.29 is 19.1 Å². The Labute approximate surface area is 135 Å². The second kappa shape index (κ2) is 7.44. The van der Waals surface area contributed by atoms with Crippen LogP contribution in [0.15, 0.2) is 18.2 Å². The molecule has 23 heavy (non-hydrogen) atoms. The summed E-state index contributed by atoms with van der Waals surface area (Å²) < 4.78 is 13.5. The lowest BCUT2D eigenvalue weighted by molar-refractivity contribution is -0.143. The fourth-order valence-corrected chi connectivity index (χ4v) is 2.94. The molecule has 0 radical (unpaired) electrons. The second-order valence-electron chi connectivity index (χ2n) is 6.38. The summed E-state index contributed by atoms with van der Waals surface area (Å²) in [5.74, 6) is -2.34. The maximum atomic E-state index is 13.5. The van der Waals surface area contributed by atoms with Gasteiger partial charge in [-0.25, -0.2) is 4.39 Å². The van der Waals surface area contributed by atoms with Gasteiger partial charge >= 0.3 is 5.97 Å². The quantitative estimate of drug-likeness (QED) is 0.775. The van der Waals surface area contributed by atoms with E-state index in [1.165, 1.54) is 12.1 Å². The van der Waals surface area contributed by atoms with E-state index in [4.69, 9.17) is 5.11 Å². The molecule has 1 aromatic rings. The largest absolute Gasteiger partial charge is 0.481 e. The number of hydrogen-bond donors (Lipinski definition) is 3. The smallest absolute Gasteiger partial charge is 0.306 e. The first-order valence-corrected chi connectivity index (χ1v) is 7.96. The molecule has 0 saturated heterocycles. The maximum absolute atomic E-state index is 13.5. The number of nitrogens with one attached hydrogen (secondary N) is 2. The summed E-state index contributed by atoms with van der Waals surface area (Å²) >= 11 is 0. The van der Waals surface area contributed by atoms with Crippen molar-refractivity contribution in [3.8, 4) is 0 Å². The van der Waals surface area contributed by atoms with E-state index in [9.17, 15) is 14.0 Å². The molecule has 3 N–H and O–H groups in total. The summed E-state index contributed by atoms with van der Waals surface area (Å²) in [7, 11) is 0. The van der Waals surface area contributed by atoms with Gasteiger partial charge in [-0.15, -0.1) is 0 Å². The van der Waals surface area contributed by atoms with Crippen molar-refractivity contribution in [1.82, 2.24) is 0 Å². The molecular formula is C17H23FN2O3. The topological polar surface area (TPSA) is 78.4 Å². The molecular weight excluding hydrogens is 299 g/mol. The predicted octanol–water partition coefficient (Wildman–Crippen LogP) is 3.48. The Morgan fingerprint density at radius 3 is 2.57 bits per heavy atom. The van der Waals surface area contributed by atoms with Crippen LogP contribution in [0.3, 0.4) is 0 Å². The minimum Gasteiger partial charge on any atom is -0.481 e. The number of hydrogen-bond acceptors (Lipinski definition) is 3. The average molecular weight is 322 g/mol. The number of rotatable bonds is 5. The third kappa shape index (κ3) is 4.68. The summed E-state index contributed by atoms with van der Waals surface area (Å²) in [4.78, 5) is 23.5. The van der Waals surface area contributed by atoms with Gasteiger partial charge in [-0.3, -0.25) is 9.59 Å². The van der Waals surface area contributed by atoms with Crippen LogP contribution in [-0.4, -0.2) is 23.0 Å². The molecule has 2 unspecified atom stereocenters. The summed E-state index contributed by atoms with van der Waals surface area (Å²) in [6.45, 7) is 3.90. The third-order valence-electron chi connectivity index (χ3n) is 4.08. The molecule has 1 aromatic carbocycles. The maximum Gasteiger partial charge on any atom is 0.306 e. The van der Waals surface area contributed by atoms with Crippen molar-refractivity contribution in [3.63, 3.8) is 0 Å². The summed E-state index contributed by atoms with van der Waals surface area (Å²) in [6, 6.07) is 4.34. The first-order valence-electron chi connectivity index (χ1n) is 7.96. The monoisotopic (exact) mass is 322 g/mol. The SMILES string of the molecule is CC(C)Nc1ccc(F)cc1NC(=O)C1CCCC(C(=O)O)C1.